The van der Waals surface area contributed by atoms with Gasteiger partial charge >= 0.3 is 11.9 Å². The van der Waals surface area contributed by atoms with Gasteiger partial charge in [-0.15, -0.1) is 0 Å². The third-order valence-electron chi connectivity index (χ3n) is 5.16. The molecule has 0 amide bonds. The molecule has 0 saturated heterocycles. The van der Waals surface area contributed by atoms with Crippen LogP contribution in [0.25, 0.3) is 0 Å². The lowest BCUT2D eigenvalue weighted by atomic mass is 9.93. The largest absolute Gasteiger partial charge is 0.468 e. The van der Waals surface area contributed by atoms with Gasteiger partial charge in [0.15, 0.2) is 13.9 Å². The Morgan fingerprint density at radius 3 is 1.94 bits per heavy atom. The van der Waals surface area contributed by atoms with E-state index in [0.717, 1.165) is 0 Å². The average Bonchev–Trinajstić information content (AvgIpc) is 2.56. The van der Waals surface area contributed by atoms with Gasteiger partial charge in [-0.25, -0.2) is 4.79 Å². The molecule has 31 heavy (non-hydrogen) atoms. The molecule has 0 aliphatic carbocycles. The maximum atomic E-state index is 13.7. The Hall–Kier alpha value is -1.12. The molecule has 1 aromatic rings. The lowest BCUT2D eigenvalue weighted by molar-refractivity contribution is -0.176. The third kappa shape index (κ3) is 7.75. The normalized spacial score (nSPS) is 14.7. The van der Waals surface area contributed by atoms with E-state index in [1.807, 2.05) is 13.1 Å². The zero-order valence-corrected chi connectivity index (χ0v) is 22.5. The minimum atomic E-state index is -2.52. The van der Waals surface area contributed by atoms with E-state index in [1.165, 1.54) is 7.11 Å². The number of carbonyl (C=O) groups excluding carboxylic acids is 2. The summed E-state index contributed by atoms with van der Waals surface area (Å²) in [5, 5.41) is 3.51. The summed E-state index contributed by atoms with van der Waals surface area (Å²) < 4.78 is 17.3. The van der Waals surface area contributed by atoms with E-state index in [1.54, 1.807) is 39.0 Å². The molecular weight excluding hydrogens is 457 g/mol. The minimum absolute atomic E-state index is 0.0276. The van der Waals surface area contributed by atoms with E-state index >= 15 is 0 Å². The average molecular weight is 493 g/mol. The van der Waals surface area contributed by atoms with Crippen molar-refractivity contribution in [2.24, 2.45) is 0 Å². The van der Waals surface area contributed by atoms with Crippen LogP contribution < -0.4 is 5.32 Å². The van der Waals surface area contributed by atoms with E-state index in [9.17, 15) is 9.59 Å². The number of hydrogen-bond acceptors (Lipinski definition) is 6. The first kappa shape index (κ1) is 27.9. The van der Waals surface area contributed by atoms with Crippen LogP contribution in [0, 0.1) is 0 Å². The van der Waals surface area contributed by atoms with Gasteiger partial charge in [-0.05, 0) is 62.7 Å². The van der Waals surface area contributed by atoms with Crippen molar-refractivity contribution >= 4 is 43.5 Å². The molecule has 0 aliphatic heterocycles. The fourth-order valence-electron chi connectivity index (χ4n) is 2.58. The number of esters is 2. The van der Waals surface area contributed by atoms with Gasteiger partial charge in [0, 0.05) is 16.6 Å². The lowest BCUT2D eigenvalue weighted by Gasteiger charge is -2.45. The number of nitrogens with one attached hydrogen (secondary N) is 1. The van der Waals surface area contributed by atoms with Crippen LogP contribution in [-0.2, 0) is 29.1 Å². The monoisotopic (exact) mass is 491 g/mol. The van der Waals surface area contributed by atoms with Crippen LogP contribution in [-0.4, -0.2) is 46.1 Å². The van der Waals surface area contributed by atoms with Crippen molar-refractivity contribution < 1.29 is 23.5 Å². The standard InChI is InChI=1S/C22H35Cl2NO5Si/c1-20(2,3)29-19(27)22(14-25-13-18(26)28-7,30-31(8,9)21(4,5)6)15-10-16(23)12-17(24)11-15/h10-12,25H,13-14H2,1-9H3/t22-/m0/s1. The van der Waals surface area contributed by atoms with Crippen LogP contribution in [0.5, 0.6) is 0 Å². The highest BCUT2D eigenvalue weighted by molar-refractivity contribution is 6.74. The number of halogens is 2. The Morgan fingerprint density at radius 2 is 1.52 bits per heavy atom. The summed E-state index contributed by atoms with van der Waals surface area (Å²) in [6.07, 6.45) is 0. The third-order valence-corrected chi connectivity index (χ3v) is 10.1. The number of rotatable bonds is 8. The Bertz CT molecular complexity index is 782. The molecule has 0 heterocycles. The van der Waals surface area contributed by atoms with E-state index in [-0.39, 0.29) is 18.1 Å². The second-order valence-corrected chi connectivity index (χ2v) is 15.6. The maximum Gasteiger partial charge on any atom is 0.343 e. The summed E-state index contributed by atoms with van der Waals surface area (Å²) in [7, 11) is -1.23. The maximum absolute atomic E-state index is 13.7. The van der Waals surface area contributed by atoms with Crippen molar-refractivity contribution in [2.45, 2.75) is 70.9 Å². The molecule has 0 saturated carbocycles. The fourth-order valence-corrected chi connectivity index (χ4v) is 4.55. The van der Waals surface area contributed by atoms with Crippen LogP contribution in [0.2, 0.25) is 28.2 Å². The van der Waals surface area contributed by atoms with Crippen LogP contribution in [0.15, 0.2) is 18.2 Å². The molecule has 0 aromatic heterocycles. The molecule has 0 spiro atoms. The smallest absolute Gasteiger partial charge is 0.343 e. The summed E-state index contributed by atoms with van der Waals surface area (Å²) in [6, 6.07) is 4.87. The highest BCUT2D eigenvalue weighted by Crippen LogP contribution is 2.43. The molecule has 0 unspecified atom stereocenters. The molecule has 0 fully saturated rings. The van der Waals surface area contributed by atoms with Gasteiger partial charge in [-0.2, -0.15) is 0 Å². The Kier molecular flexibility index (Phi) is 9.19. The molecule has 0 radical (unpaired) electrons. The van der Waals surface area contributed by atoms with Crippen molar-refractivity contribution in [3.05, 3.63) is 33.8 Å². The predicted octanol–water partition coefficient (Wildman–Crippen LogP) is 5.31. The van der Waals surface area contributed by atoms with Crippen LogP contribution in [0.3, 0.4) is 0 Å². The molecule has 9 heteroatoms. The molecular formula is C22H35Cl2NO5Si. The summed E-state index contributed by atoms with van der Waals surface area (Å²) in [5.41, 5.74) is -1.87. The molecule has 0 aliphatic rings. The summed E-state index contributed by atoms with van der Waals surface area (Å²) >= 11 is 12.6. The topological polar surface area (TPSA) is 73.9 Å². The molecule has 0 bridgehead atoms. The van der Waals surface area contributed by atoms with E-state index in [4.69, 9.17) is 37.1 Å². The fraction of sp³-hybridized carbons (Fsp3) is 0.636. The number of methoxy groups -OCH3 is 1. The number of hydrogen-bond donors (Lipinski definition) is 1. The van der Waals surface area contributed by atoms with Crippen LogP contribution in [0.4, 0.5) is 0 Å². The zero-order valence-electron chi connectivity index (χ0n) is 19.9. The second-order valence-electron chi connectivity index (χ2n) is 10.0. The number of benzene rings is 1. The summed E-state index contributed by atoms with van der Waals surface area (Å²) in [5.74, 6) is -1.05. The first-order valence-corrected chi connectivity index (χ1v) is 13.8. The second kappa shape index (κ2) is 10.2. The van der Waals surface area contributed by atoms with Gasteiger partial charge in [-0.1, -0.05) is 44.0 Å². The van der Waals surface area contributed by atoms with Gasteiger partial charge in [0.25, 0.3) is 0 Å². The van der Waals surface area contributed by atoms with Gasteiger partial charge in [0.05, 0.1) is 13.7 Å². The minimum Gasteiger partial charge on any atom is -0.468 e. The number of carbonyl (C=O) groups is 2. The summed E-state index contributed by atoms with van der Waals surface area (Å²) in [4.78, 5) is 25.4. The van der Waals surface area contributed by atoms with Crippen LogP contribution in [0.1, 0.15) is 47.1 Å². The van der Waals surface area contributed by atoms with E-state index < -0.39 is 31.5 Å². The zero-order chi connectivity index (χ0) is 24.3. The van der Waals surface area contributed by atoms with Gasteiger partial charge in [0.2, 0.25) is 0 Å². The molecule has 1 rings (SSSR count). The van der Waals surface area contributed by atoms with Crippen molar-refractivity contribution in [3.63, 3.8) is 0 Å². The van der Waals surface area contributed by atoms with Gasteiger partial charge in [-0.3, -0.25) is 4.79 Å². The lowest BCUT2D eigenvalue weighted by Crippen LogP contribution is -2.57. The quantitative estimate of drug-likeness (QED) is 0.391. The Labute approximate surface area is 197 Å². The highest BCUT2D eigenvalue weighted by atomic mass is 35.5. The highest BCUT2D eigenvalue weighted by Gasteiger charge is 2.52. The molecule has 176 valence electrons. The van der Waals surface area contributed by atoms with Crippen molar-refractivity contribution in [3.8, 4) is 0 Å². The number of ether oxygens (including phenoxy) is 2. The van der Waals surface area contributed by atoms with E-state index in [2.05, 4.69) is 26.1 Å². The predicted molar refractivity (Wildman–Crippen MR) is 127 cm³/mol. The molecule has 1 atom stereocenters. The first-order valence-electron chi connectivity index (χ1n) is 10.1. The van der Waals surface area contributed by atoms with Crippen molar-refractivity contribution in [1.82, 2.24) is 5.32 Å². The van der Waals surface area contributed by atoms with Crippen LogP contribution >= 0.6 is 23.2 Å². The van der Waals surface area contributed by atoms with Gasteiger partial charge in [0.1, 0.15) is 5.60 Å². The van der Waals surface area contributed by atoms with Gasteiger partial charge < -0.3 is 19.2 Å². The first-order chi connectivity index (χ1) is 13.9. The van der Waals surface area contributed by atoms with Crippen molar-refractivity contribution in [2.75, 3.05) is 20.2 Å². The molecule has 1 aromatic carbocycles. The Morgan fingerprint density at radius 1 is 1.00 bits per heavy atom. The SMILES string of the molecule is COC(=O)CNC[C@@](O[Si](C)(C)C(C)(C)C)(C(=O)OC(C)(C)C)c1cc(Cl)cc(Cl)c1. The molecule has 6 nitrogen and oxygen atoms in total. The van der Waals surface area contributed by atoms with E-state index in [0.29, 0.717) is 15.6 Å². The summed E-state index contributed by atoms with van der Waals surface area (Å²) in [6.45, 7) is 15.5. The van der Waals surface area contributed by atoms with Crippen molar-refractivity contribution in [1.29, 1.82) is 0 Å². The Balaban J connectivity index is 3.68. The molecule has 1 N–H and O–H groups in total.